The standard InChI is InChI=1S/C13H14N2O5/c1-8-6-9(8)13(17)20-7-12(16)14-10-4-2-3-5-11(10)15(18)19/h2-5,8-9H,6-7H2,1H3,(H,14,16). The summed E-state index contributed by atoms with van der Waals surface area (Å²) in [6.45, 7) is 1.49. The van der Waals surface area contributed by atoms with Crippen molar-refractivity contribution in [2.45, 2.75) is 13.3 Å². The van der Waals surface area contributed by atoms with E-state index in [1.54, 1.807) is 6.07 Å². The minimum Gasteiger partial charge on any atom is -0.455 e. The lowest BCUT2D eigenvalue weighted by Gasteiger charge is -2.06. The Kier molecular flexibility index (Phi) is 3.97. The van der Waals surface area contributed by atoms with Crippen LogP contribution in [0.4, 0.5) is 11.4 Å². The molecular formula is C13H14N2O5. The van der Waals surface area contributed by atoms with E-state index < -0.39 is 23.4 Å². The first kappa shape index (κ1) is 14.0. The molecule has 1 N–H and O–H groups in total. The molecule has 0 radical (unpaired) electrons. The summed E-state index contributed by atoms with van der Waals surface area (Å²) < 4.78 is 4.85. The third kappa shape index (κ3) is 3.31. The maximum Gasteiger partial charge on any atom is 0.309 e. The highest BCUT2D eigenvalue weighted by molar-refractivity contribution is 5.95. The normalized spacial score (nSPS) is 20.1. The minimum absolute atomic E-state index is 0.0818. The van der Waals surface area contributed by atoms with Gasteiger partial charge in [0.2, 0.25) is 0 Å². The molecule has 0 bridgehead atoms. The average molecular weight is 278 g/mol. The first-order valence-electron chi connectivity index (χ1n) is 6.19. The van der Waals surface area contributed by atoms with Gasteiger partial charge in [-0.25, -0.2) is 0 Å². The fourth-order valence-corrected chi connectivity index (χ4v) is 1.82. The zero-order chi connectivity index (χ0) is 14.7. The quantitative estimate of drug-likeness (QED) is 0.502. The van der Waals surface area contributed by atoms with Crippen LogP contribution in [0.15, 0.2) is 24.3 Å². The molecule has 7 nitrogen and oxygen atoms in total. The van der Waals surface area contributed by atoms with Gasteiger partial charge in [0, 0.05) is 6.07 Å². The van der Waals surface area contributed by atoms with Gasteiger partial charge in [-0.1, -0.05) is 19.1 Å². The van der Waals surface area contributed by atoms with Gasteiger partial charge < -0.3 is 10.1 Å². The van der Waals surface area contributed by atoms with E-state index in [4.69, 9.17) is 4.74 Å². The number of para-hydroxylation sites is 2. The topological polar surface area (TPSA) is 98.5 Å². The van der Waals surface area contributed by atoms with E-state index in [9.17, 15) is 19.7 Å². The number of nitrogens with one attached hydrogen (secondary N) is 1. The lowest BCUT2D eigenvalue weighted by atomic mass is 10.2. The van der Waals surface area contributed by atoms with E-state index in [-0.39, 0.29) is 17.3 Å². The van der Waals surface area contributed by atoms with Crippen LogP contribution in [0.3, 0.4) is 0 Å². The number of ether oxygens (including phenoxy) is 1. The van der Waals surface area contributed by atoms with Crippen molar-refractivity contribution in [2.75, 3.05) is 11.9 Å². The number of hydrogen-bond donors (Lipinski definition) is 1. The number of hydrogen-bond acceptors (Lipinski definition) is 5. The Balaban J connectivity index is 1.88. The van der Waals surface area contributed by atoms with E-state index in [1.807, 2.05) is 6.92 Å². The number of amides is 1. The minimum atomic E-state index is -0.596. The second kappa shape index (κ2) is 5.68. The average Bonchev–Trinajstić information content (AvgIpc) is 3.13. The smallest absolute Gasteiger partial charge is 0.309 e. The number of esters is 1. The molecule has 1 aliphatic carbocycles. The largest absolute Gasteiger partial charge is 0.455 e. The molecule has 7 heteroatoms. The molecule has 0 aliphatic heterocycles. The van der Waals surface area contributed by atoms with Crippen molar-refractivity contribution in [1.29, 1.82) is 0 Å². The summed E-state index contributed by atoms with van der Waals surface area (Å²) in [4.78, 5) is 33.2. The van der Waals surface area contributed by atoms with E-state index in [0.29, 0.717) is 5.92 Å². The fourth-order valence-electron chi connectivity index (χ4n) is 1.82. The van der Waals surface area contributed by atoms with E-state index >= 15 is 0 Å². The predicted octanol–water partition coefficient (Wildman–Crippen LogP) is 1.73. The molecule has 20 heavy (non-hydrogen) atoms. The summed E-state index contributed by atoms with van der Waals surface area (Å²) in [6, 6.07) is 5.77. The SMILES string of the molecule is CC1CC1C(=O)OCC(=O)Nc1ccccc1[N+](=O)[O-]. The number of carbonyl (C=O) groups is 2. The molecule has 1 aliphatic rings. The summed E-state index contributed by atoms with van der Waals surface area (Å²) in [7, 11) is 0. The van der Waals surface area contributed by atoms with Crippen LogP contribution in [0.2, 0.25) is 0 Å². The Labute approximate surface area is 115 Å². The van der Waals surface area contributed by atoms with Gasteiger partial charge in [0.1, 0.15) is 5.69 Å². The van der Waals surface area contributed by atoms with Crippen LogP contribution in [0.1, 0.15) is 13.3 Å². The molecule has 1 saturated carbocycles. The molecule has 1 aromatic rings. The highest BCUT2D eigenvalue weighted by atomic mass is 16.6. The molecule has 106 valence electrons. The Morgan fingerprint density at radius 2 is 2.10 bits per heavy atom. The van der Waals surface area contributed by atoms with Gasteiger partial charge in [0.25, 0.3) is 11.6 Å². The molecule has 1 fully saturated rings. The Hall–Kier alpha value is -2.44. The van der Waals surface area contributed by atoms with Gasteiger partial charge in [0.05, 0.1) is 10.8 Å². The van der Waals surface area contributed by atoms with Gasteiger partial charge >= 0.3 is 5.97 Å². The zero-order valence-corrected chi connectivity index (χ0v) is 10.9. The summed E-state index contributed by atoms with van der Waals surface area (Å²) >= 11 is 0. The molecule has 0 spiro atoms. The van der Waals surface area contributed by atoms with E-state index in [2.05, 4.69) is 5.32 Å². The summed E-state index contributed by atoms with van der Waals surface area (Å²) in [5.74, 6) is -0.800. The van der Waals surface area contributed by atoms with Crippen LogP contribution in [0, 0.1) is 22.0 Å². The number of nitro benzene ring substituents is 1. The number of benzene rings is 1. The molecule has 0 saturated heterocycles. The lowest BCUT2D eigenvalue weighted by molar-refractivity contribution is -0.383. The fraction of sp³-hybridized carbons (Fsp3) is 0.385. The van der Waals surface area contributed by atoms with Crippen molar-refractivity contribution in [2.24, 2.45) is 11.8 Å². The first-order chi connectivity index (χ1) is 9.49. The first-order valence-corrected chi connectivity index (χ1v) is 6.19. The highest BCUT2D eigenvalue weighted by Crippen LogP contribution is 2.38. The predicted molar refractivity (Wildman–Crippen MR) is 70.0 cm³/mol. The summed E-state index contributed by atoms with van der Waals surface area (Å²) in [6.07, 6.45) is 0.782. The van der Waals surface area contributed by atoms with E-state index in [1.165, 1.54) is 18.2 Å². The molecule has 2 rings (SSSR count). The zero-order valence-electron chi connectivity index (χ0n) is 10.9. The maximum absolute atomic E-state index is 11.6. The Morgan fingerprint density at radius 1 is 1.45 bits per heavy atom. The van der Waals surface area contributed by atoms with Crippen molar-refractivity contribution in [3.05, 3.63) is 34.4 Å². The monoisotopic (exact) mass is 278 g/mol. The Morgan fingerprint density at radius 3 is 2.70 bits per heavy atom. The van der Waals surface area contributed by atoms with Crippen molar-refractivity contribution in [3.8, 4) is 0 Å². The van der Waals surface area contributed by atoms with Crippen molar-refractivity contribution < 1.29 is 19.2 Å². The van der Waals surface area contributed by atoms with Crippen LogP contribution >= 0.6 is 0 Å². The molecule has 1 aromatic carbocycles. The van der Waals surface area contributed by atoms with Crippen LogP contribution in [-0.2, 0) is 14.3 Å². The van der Waals surface area contributed by atoms with Gasteiger partial charge in [-0.3, -0.25) is 19.7 Å². The van der Waals surface area contributed by atoms with Gasteiger partial charge in [-0.05, 0) is 18.4 Å². The van der Waals surface area contributed by atoms with Crippen LogP contribution in [0.25, 0.3) is 0 Å². The van der Waals surface area contributed by atoms with Crippen LogP contribution in [-0.4, -0.2) is 23.4 Å². The number of carbonyl (C=O) groups excluding carboxylic acids is 2. The van der Waals surface area contributed by atoms with Crippen LogP contribution in [0.5, 0.6) is 0 Å². The molecule has 2 atom stereocenters. The third-order valence-electron chi connectivity index (χ3n) is 3.13. The number of nitro groups is 1. The van der Waals surface area contributed by atoms with Gasteiger partial charge in [0.15, 0.2) is 6.61 Å². The van der Waals surface area contributed by atoms with Crippen molar-refractivity contribution >= 4 is 23.3 Å². The lowest BCUT2D eigenvalue weighted by Crippen LogP contribution is -2.22. The third-order valence-corrected chi connectivity index (χ3v) is 3.13. The second-order valence-corrected chi connectivity index (χ2v) is 4.75. The molecule has 0 heterocycles. The van der Waals surface area contributed by atoms with Crippen molar-refractivity contribution in [1.82, 2.24) is 0 Å². The molecule has 1 amide bonds. The van der Waals surface area contributed by atoms with Crippen LogP contribution < -0.4 is 5.32 Å². The Bertz CT molecular complexity index is 557. The summed E-state index contributed by atoms with van der Waals surface area (Å²) in [5, 5.41) is 13.1. The number of rotatable bonds is 5. The summed E-state index contributed by atoms with van der Waals surface area (Å²) in [5.41, 5.74) is -0.124. The molecule has 2 unspecified atom stereocenters. The highest BCUT2D eigenvalue weighted by Gasteiger charge is 2.40. The van der Waals surface area contributed by atoms with Gasteiger partial charge in [-0.15, -0.1) is 0 Å². The van der Waals surface area contributed by atoms with Gasteiger partial charge in [-0.2, -0.15) is 0 Å². The van der Waals surface area contributed by atoms with Crippen molar-refractivity contribution in [3.63, 3.8) is 0 Å². The number of nitrogens with zero attached hydrogens (tertiary/aromatic N) is 1. The molecular weight excluding hydrogens is 264 g/mol. The van der Waals surface area contributed by atoms with E-state index in [0.717, 1.165) is 6.42 Å². The number of anilines is 1. The molecule has 0 aromatic heterocycles. The maximum atomic E-state index is 11.6. The second-order valence-electron chi connectivity index (χ2n) is 4.75.